The fourth-order valence-electron chi connectivity index (χ4n) is 4.33. The Morgan fingerprint density at radius 3 is 2.63 bits per heavy atom. The number of ether oxygens (including phenoxy) is 1. The van der Waals surface area contributed by atoms with Gasteiger partial charge in [-0.15, -0.1) is 11.3 Å². The number of hydrogen-bond acceptors (Lipinski definition) is 5. The Morgan fingerprint density at radius 1 is 1.23 bits per heavy atom. The van der Waals surface area contributed by atoms with Gasteiger partial charge in [-0.25, -0.2) is 9.78 Å². The van der Waals surface area contributed by atoms with Crippen LogP contribution in [0.2, 0.25) is 0 Å². The van der Waals surface area contributed by atoms with Gasteiger partial charge in [-0.2, -0.15) is 0 Å². The quantitative estimate of drug-likeness (QED) is 0.573. The minimum absolute atomic E-state index is 0.611. The van der Waals surface area contributed by atoms with Crippen LogP contribution in [0.3, 0.4) is 0 Å². The number of carboxylic acids is 1. The van der Waals surface area contributed by atoms with Crippen molar-refractivity contribution in [3.8, 4) is 11.1 Å². The number of rotatable bonds is 4. The number of nitrogens with zero attached hydrogens (tertiary/aromatic N) is 2. The highest BCUT2D eigenvalue weighted by Crippen LogP contribution is 2.46. The summed E-state index contributed by atoms with van der Waals surface area (Å²) in [5.74, 6) is -0.999. The molecule has 0 saturated heterocycles. The lowest BCUT2D eigenvalue weighted by Gasteiger charge is -2.28. The average molecular weight is 425 g/mol. The second-order valence-corrected chi connectivity index (χ2v) is 10.1. The maximum atomic E-state index is 12.4. The molecule has 0 aromatic carbocycles. The molecule has 0 saturated carbocycles. The molecular formula is C24H28N2O3S. The predicted octanol–water partition coefficient (Wildman–Crippen LogP) is 5.79. The number of thiophene rings is 1. The van der Waals surface area contributed by atoms with Crippen molar-refractivity contribution in [2.45, 2.75) is 72.0 Å². The van der Waals surface area contributed by atoms with Crippen molar-refractivity contribution in [1.29, 1.82) is 0 Å². The van der Waals surface area contributed by atoms with Crippen LogP contribution in [0.25, 0.3) is 21.3 Å². The highest BCUT2D eigenvalue weighted by molar-refractivity contribution is 7.19. The van der Waals surface area contributed by atoms with Gasteiger partial charge in [0.1, 0.15) is 4.83 Å². The van der Waals surface area contributed by atoms with Crippen LogP contribution in [0.1, 0.15) is 67.0 Å². The second-order valence-electron chi connectivity index (χ2n) is 9.02. The summed E-state index contributed by atoms with van der Waals surface area (Å²) >= 11 is 1.75. The van der Waals surface area contributed by atoms with Gasteiger partial charge in [-0.1, -0.05) is 0 Å². The third-order valence-corrected chi connectivity index (χ3v) is 6.78. The maximum Gasteiger partial charge on any atom is 0.337 e. The molecule has 0 amide bonds. The SMILES string of the molecule is Cc1ccncc1-c1c([C@H](OC(C)(C)C)C(=O)O)c(C)nc2sc3c(c12)CCCC3. The Labute approximate surface area is 181 Å². The van der Waals surface area contributed by atoms with Crippen LogP contribution in [0, 0.1) is 13.8 Å². The van der Waals surface area contributed by atoms with Gasteiger partial charge >= 0.3 is 5.97 Å². The fraction of sp³-hybridized carbons (Fsp3) is 0.458. The first-order chi connectivity index (χ1) is 14.2. The Morgan fingerprint density at radius 2 is 1.97 bits per heavy atom. The summed E-state index contributed by atoms with van der Waals surface area (Å²) in [5, 5.41) is 11.2. The zero-order valence-electron chi connectivity index (χ0n) is 18.2. The minimum atomic E-state index is -1.10. The summed E-state index contributed by atoms with van der Waals surface area (Å²) in [5.41, 5.74) is 5.02. The minimum Gasteiger partial charge on any atom is -0.479 e. The van der Waals surface area contributed by atoms with E-state index in [1.807, 2.05) is 46.9 Å². The van der Waals surface area contributed by atoms with Gasteiger partial charge in [0.25, 0.3) is 0 Å². The lowest BCUT2D eigenvalue weighted by Crippen LogP contribution is -2.28. The van der Waals surface area contributed by atoms with Crippen LogP contribution in [-0.4, -0.2) is 26.6 Å². The number of carboxylic acid groups (broad SMARTS) is 1. The van der Waals surface area contributed by atoms with E-state index in [4.69, 9.17) is 9.72 Å². The van der Waals surface area contributed by atoms with Gasteiger partial charge in [0.05, 0.1) is 5.60 Å². The van der Waals surface area contributed by atoms with E-state index >= 15 is 0 Å². The van der Waals surface area contributed by atoms with Crippen molar-refractivity contribution in [3.05, 3.63) is 45.7 Å². The maximum absolute atomic E-state index is 12.4. The van der Waals surface area contributed by atoms with E-state index in [1.165, 1.54) is 16.9 Å². The van der Waals surface area contributed by atoms with Crippen molar-refractivity contribution < 1.29 is 14.6 Å². The topological polar surface area (TPSA) is 72.3 Å². The highest BCUT2D eigenvalue weighted by Gasteiger charge is 2.34. The molecule has 1 aliphatic carbocycles. The third kappa shape index (κ3) is 3.74. The first kappa shape index (κ1) is 20.9. The standard InChI is InChI=1S/C24H28N2O3S/c1-13-10-11-25-12-16(13)19-18(21(23(27)28)29-24(3,4)5)14(2)26-22-20(19)15-8-6-7-9-17(15)30-22/h10-12,21H,6-9H2,1-5H3,(H,27,28)/t21-/m0/s1. The van der Waals surface area contributed by atoms with Crippen LogP contribution in [0.15, 0.2) is 18.5 Å². The number of hydrogen-bond donors (Lipinski definition) is 1. The lowest BCUT2D eigenvalue weighted by molar-refractivity contribution is -0.160. The smallest absolute Gasteiger partial charge is 0.337 e. The molecule has 3 heterocycles. The zero-order valence-corrected chi connectivity index (χ0v) is 19.0. The molecule has 30 heavy (non-hydrogen) atoms. The molecule has 5 nitrogen and oxygen atoms in total. The molecule has 6 heteroatoms. The molecule has 0 bridgehead atoms. The number of aromatic nitrogens is 2. The Hall–Kier alpha value is -2.31. The first-order valence-electron chi connectivity index (χ1n) is 10.4. The van der Waals surface area contributed by atoms with E-state index in [-0.39, 0.29) is 0 Å². The zero-order chi connectivity index (χ0) is 21.6. The summed E-state index contributed by atoms with van der Waals surface area (Å²) in [6.45, 7) is 9.58. The van der Waals surface area contributed by atoms with Gasteiger partial charge in [-0.3, -0.25) is 4.98 Å². The summed E-state index contributed by atoms with van der Waals surface area (Å²) in [6, 6.07) is 1.97. The van der Waals surface area contributed by atoms with Crippen LogP contribution < -0.4 is 0 Å². The Kier molecular flexibility index (Phi) is 5.41. The first-order valence-corrected chi connectivity index (χ1v) is 11.3. The summed E-state index contributed by atoms with van der Waals surface area (Å²) in [7, 11) is 0. The Bertz CT molecular complexity index is 1130. The molecular weight excluding hydrogens is 396 g/mol. The fourth-order valence-corrected chi connectivity index (χ4v) is 5.65. The van der Waals surface area contributed by atoms with Crippen LogP contribution in [-0.2, 0) is 22.4 Å². The van der Waals surface area contributed by atoms with Crippen molar-refractivity contribution in [2.75, 3.05) is 0 Å². The molecule has 3 aromatic rings. The monoisotopic (exact) mass is 424 g/mol. The van der Waals surface area contributed by atoms with Crippen molar-refractivity contribution in [1.82, 2.24) is 9.97 Å². The van der Waals surface area contributed by atoms with E-state index in [0.29, 0.717) is 11.3 Å². The van der Waals surface area contributed by atoms with Gasteiger partial charge in [0, 0.05) is 45.0 Å². The van der Waals surface area contributed by atoms with Gasteiger partial charge < -0.3 is 9.84 Å². The third-order valence-electron chi connectivity index (χ3n) is 5.60. The normalized spacial score (nSPS) is 15.2. The molecule has 1 N–H and O–H groups in total. The lowest BCUT2D eigenvalue weighted by atomic mass is 9.87. The van der Waals surface area contributed by atoms with Crippen LogP contribution >= 0.6 is 11.3 Å². The molecule has 0 fully saturated rings. The van der Waals surface area contributed by atoms with Gasteiger partial charge in [0.2, 0.25) is 0 Å². The van der Waals surface area contributed by atoms with E-state index < -0.39 is 17.7 Å². The second kappa shape index (κ2) is 7.75. The largest absolute Gasteiger partial charge is 0.479 e. The van der Waals surface area contributed by atoms with E-state index in [0.717, 1.165) is 46.2 Å². The van der Waals surface area contributed by atoms with Gasteiger partial charge in [0.15, 0.2) is 6.10 Å². The predicted molar refractivity (Wildman–Crippen MR) is 120 cm³/mol. The average Bonchev–Trinajstić information content (AvgIpc) is 3.03. The van der Waals surface area contributed by atoms with Crippen molar-refractivity contribution in [2.24, 2.45) is 0 Å². The Balaban J connectivity index is 2.11. The number of pyridine rings is 2. The van der Waals surface area contributed by atoms with E-state index in [1.54, 1.807) is 17.5 Å². The summed E-state index contributed by atoms with van der Waals surface area (Å²) in [4.78, 5) is 24.0. The number of aryl methyl sites for hydroxylation is 4. The molecule has 0 aliphatic heterocycles. The molecule has 158 valence electrons. The van der Waals surface area contributed by atoms with Crippen molar-refractivity contribution in [3.63, 3.8) is 0 Å². The molecule has 0 unspecified atom stereocenters. The number of fused-ring (bicyclic) bond motifs is 3. The van der Waals surface area contributed by atoms with Crippen molar-refractivity contribution >= 4 is 27.5 Å². The number of aliphatic carboxylic acids is 1. The molecule has 0 radical (unpaired) electrons. The van der Waals surface area contributed by atoms with E-state index in [2.05, 4.69) is 4.98 Å². The number of carbonyl (C=O) groups is 1. The highest BCUT2D eigenvalue weighted by atomic mass is 32.1. The molecule has 0 spiro atoms. The summed E-state index contributed by atoms with van der Waals surface area (Å²) in [6.07, 6.45) is 6.92. The van der Waals surface area contributed by atoms with Crippen LogP contribution in [0.4, 0.5) is 0 Å². The van der Waals surface area contributed by atoms with Gasteiger partial charge in [-0.05, 0) is 77.5 Å². The molecule has 3 aromatic heterocycles. The van der Waals surface area contributed by atoms with Crippen LogP contribution in [0.5, 0.6) is 0 Å². The molecule has 1 atom stereocenters. The molecule has 4 rings (SSSR count). The molecule has 1 aliphatic rings. The summed E-state index contributed by atoms with van der Waals surface area (Å²) < 4.78 is 6.08. The van der Waals surface area contributed by atoms with E-state index in [9.17, 15) is 9.90 Å².